The highest BCUT2D eigenvalue weighted by atomic mass is 79.9. The molecule has 5 heteroatoms. The summed E-state index contributed by atoms with van der Waals surface area (Å²) in [4.78, 5) is 8.81. The smallest absolute Gasteiger partial charge is 0.136 e. The molecular weight excluding hydrogens is 316 g/mol. The van der Waals surface area contributed by atoms with E-state index in [9.17, 15) is 0 Å². The van der Waals surface area contributed by atoms with Gasteiger partial charge in [0.15, 0.2) is 0 Å². The van der Waals surface area contributed by atoms with Gasteiger partial charge < -0.3 is 10.6 Å². The third-order valence-corrected chi connectivity index (χ3v) is 3.78. The summed E-state index contributed by atoms with van der Waals surface area (Å²) in [5.41, 5.74) is 2.20. The van der Waals surface area contributed by atoms with Crippen LogP contribution in [0, 0.1) is 13.8 Å². The van der Waals surface area contributed by atoms with E-state index in [-0.39, 0.29) is 0 Å². The highest BCUT2D eigenvalue weighted by Crippen LogP contribution is 2.26. The minimum atomic E-state index is 0.751. The number of hydrogen-bond acceptors (Lipinski definition) is 4. The van der Waals surface area contributed by atoms with Crippen LogP contribution in [0.1, 0.15) is 24.7 Å². The molecule has 2 aromatic rings. The summed E-state index contributed by atoms with van der Waals surface area (Å²) in [6, 6.07) is 8.00. The quantitative estimate of drug-likeness (QED) is 0.849. The molecular formula is C15H19BrN4. The number of hydrogen-bond donors (Lipinski definition) is 2. The Hall–Kier alpha value is -1.62. The first kappa shape index (κ1) is 14.8. The second kappa shape index (κ2) is 6.70. The summed E-state index contributed by atoms with van der Waals surface area (Å²) in [5, 5.41) is 6.64. The predicted octanol–water partition coefficient (Wildman–Crippen LogP) is 4.42. The number of halogens is 1. The second-order valence-electron chi connectivity index (χ2n) is 4.65. The molecule has 0 aliphatic heterocycles. The van der Waals surface area contributed by atoms with E-state index in [1.807, 2.05) is 31.2 Å². The number of nitrogens with zero attached hydrogens (tertiary/aromatic N) is 2. The van der Waals surface area contributed by atoms with Crippen molar-refractivity contribution >= 4 is 33.3 Å². The maximum Gasteiger partial charge on any atom is 0.136 e. The van der Waals surface area contributed by atoms with E-state index in [0.29, 0.717) is 0 Å². The van der Waals surface area contributed by atoms with Crippen molar-refractivity contribution in [1.29, 1.82) is 0 Å². The first-order valence-corrected chi connectivity index (χ1v) is 7.51. The first-order valence-electron chi connectivity index (χ1n) is 6.72. The average Bonchev–Trinajstić information content (AvgIpc) is 2.41. The molecule has 0 unspecified atom stereocenters. The second-order valence-corrected chi connectivity index (χ2v) is 5.50. The monoisotopic (exact) mass is 334 g/mol. The lowest BCUT2D eigenvalue weighted by Crippen LogP contribution is -2.06. The van der Waals surface area contributed by atoms with Crippen LogP contribution in [0.3, 0.4) is 0 Å². The number of aromatic nitrogens is 2. The van der Waals surface area contributed by atoms with Crippen molar-refractivity contribution in [2.24, 2.45) is 0 Å². The van der Waals surface area contributed by atoms with Gasteiger partial charge in [0.05, 0.1) is 0 Å². The summed E-state index contributed by atoms with van der Waals surface area (Å²) < 4.78 is 1.08. The van der Waals surface area contributed by atoms with Crippen LogP contribution in [0.4, 0.5) is 17.3 Å². The lowest BCUT2D eigenvalue weighted by atomic mass is 10.2. The molecule has 106 valence electrons. The van der Waals surface area contributed by atoms with E-state index in [2.05, 4.69) is 50.4 Å². The van der Waals surface area contributed by atoms with Crippen LogP contribution in [0.5, 0.6) is 0 Å². The average molecular weight is 335 g/mol. The van der Waals surface area contributed by atoms with Gasteiger partial charge in [0, 0.05) is 22.8 Å². The van der Waals surface area contributed by atoms with Gasteiger partial charge in [0.2, 0.25) is 0 Å². The largest absolute Gasteiger partial charge is 0.370 e. The van der Waals surface area contributed by atoms with Crippen LogP contribution >= 0.6 is 15.9 Å². The Morgan fingerprint density at radius 2 is 1.90 bits per heavy atom. The Morgan fingerprint density at radius 1 is 1.15 bits per heavy atom. The predicted molar refractivity (Wildman–Crippen MR) is 87.7 cm³/mol. The molecule has 0 atom stereocenters. The van der Waals surface area contributed by atoms with Crippen LogP contribution in [0.25, 0.3) is 0 Å². The number of nitrogens with one attached hydrogen (secondary N) is 2. The number of rotatable bonds is 5. The molecule has 0 radical (unpaired) electrons. The molecule has 2 rings (SSSR count). The number of benzene rings is 1. The Morgan fingerprint density at radius 3 is 2.65 bits per heavy atom. The van der Waals surface area contributed by atoms with Gasteiger partial charge in [-0.1, -0.05) is 28.9 Å². The van der Waals surface area contributed by atoms with Crippen LogP contribution in [0.2, 0.25) is 0 Å². The Balaban J connectivity index is 2.24. The SMILES string of the molecule is CCCNc1cc(Nc2cccc(Br)c2C)nc(C)n1. The standard InChI is InChI=1S/C15H19BrN4/c1-4-8-17-14-9-15(19-11(3)18-14)20-13-7-5-6-12(16)10(13)2/h5-7,9H,4,8H2,1-3H3,(H2,17,18,19,20). The highest BCUT2D eigenvalue weighted by molar-refractivity contribution is 9.10. The van der Waals surface area contributed by atoms with Gasteiger partial charge in [-0.15, -0.1) is 0 Å². The van der Waals surface area contributed by atoms with Crippen LogP contribution in [0.15, 0.2) is 28.7 Å². The first-order chi connectivity index (χ1) is 9.60. The fourth-order valence-corrected chi connectivity index (χ4v) is 2.22. The third kappa shape index (κ3) is 3.70. The van der Waals surface area contributed by atoms with Gasteiger partial charge in [-0.2, -0.15) is 0 Å². The molecule has 0 fully saturated rings. The highest BCUT2D eigenvalue weighted by Gasteiger charge is 2.05. The zero-order valence-electron chi connectivity index (χ0n) is 12.0. The molecule has 4 nitrogen and oxygen atoms in total. The molecule has 0 amide bonds. The molecule has 2 N–H and O–H groups in total. The Kier molecular flexibility index (Phi) is 4.95. The lowest BCUT2D eigenvalue weighted by molar-refractivity contribution is 0.955. The zero-order chi connectivity index (χ0) is 14.5. The molecule has 0 saturated heterocycles. The van der Waals surface area contributed by atoms with E-state index in [0.717, 1.165) is 46.1 Å². The van der Waals surface area contributed by atoms with E-state index in [1.165, 1.54) is 0 Å². The normalized spacial score (nSPS) is 10.4. The van der Waals surface area contributed by atoms with Crippen molar-refractivity contribution in [3.8, 4) is 0 Å². The maximum atomic E-state index is 4.43. The minimum Gasteiger partial charge on any atom is -0.370 e. The number of anilines is 3. The van der Waals surface area contributed by atoms with Crippen LogP contribution in [-0.4, -0.2) is 16.5 Å². The molecule has 0 bridgehead atoms. The maximum absolute atomic E-state index is 4.43. The summed E-state index contributed by atoms with van der Waals surface area (Å²) in [5.74, 6) is 2.41. The van der Waals surface area contributed by atoms with E-state index in [1.54, 1.807) is 0 Å². The van der Waals surface area contributed by atoms with E-state index < -0.39 is 0 Å². The van der Waals surface area contributed by atoms with Crippen molar-refractivity contribution in [1.82, 2.24) is 9.97 Å². The zero-order valence-corrected chi connectivity index (χ0v) is 13.6. The van der Waals surface area contributed by atoms with Crippen LogP contribution in [-0.2, 0) is 0 Å². The molecule has 1 heterocycles. The summed E-state index contributed by atoms with van der Waals surface area (Å²) in [6.45, 7) is 7.00. The molecule has 0 aliphatic carbocycles. The van der Waals surface area contributed by atoms with Gasteiger partial charge in [-0.05, 0) is 38.0 Å². The van der Waals surface area contributed by atoms with Crippen molar-refractivity contribution in [2.75, 3.05) is 17.2 Å². The summed E-state index contributed by atoms with van der Waals surface area (Å²) in [6.07, 6.45) is 1.07. The van der Waals surface area contributed by atoms with Crippen molar-refractivity contribution in [3.63, 3.8) is 0 Å². The fraction of sp³-hybridized carbons (Fsp3) is 0.333. The Bertz CT molecular complexity index is 598. The molecule has 20 heavy (non-hydrogen) atoms. The molecule has 1 aromatic carbocycles. The van der Waals surface area contributed by atoms with E-state index >= 15 is 0 Å². The van der Waals surface area contributed by atoms with Gasteiger partial charge in [-0.3, -0.25) is 0 Å². The van der Waals surface area contributed by atoms with Gasteiger partial charge in [-0.25, -0.2) is 9.97 Å². The van der Waals surface area contributed by atoms with E-state index in [4.69, 9.17) is 0 Å². The fourth-order valence-electron chi connectivity index (χ4n) is 1.86. The molecule has 1 aromatic heterocycles. The van der Waals surface area contributed by atoms with Crippen molar-refractivity contribution in [2.45, 2.75) is 27.2 Å². The third-order valence-electron chi connectivity index (χ3n) is 2.92. The molecule has 0 spiro atoms. The van der Waals surface area contributed by atoms with Gasteiger partial charge >= 0.3 is 0 Å². The molecule has 0 aliphatic rings. The summed E-state index contributed by atoms with van der Waals surface area (Å²) >= 11 is 3.54. The Labute approximate surface area is 128 Å². The molecule has 0 saturated carbocycles. The topological polar surface area (TPSA) is 49.8 Å². The summed E-state index contributed by atoms with van der Waals surface area (Å²) in [7, 11) is 0. The van der Waals surface area contributed by atoms with Crippen molar-refractivity contribution in [3.05, 3.63) is 40.1 Å². The minimum absolute atomic E-state index is 0.751. The van der Waals surface area contributed by atoms with Crippen LogP contribution < -0.4 is 10.6 Å². The number of aryl methyl sites for hydroxylation is 1. The lowest BCUT2D eigenvalue weighted by Gasteiger charge is -2.12. The van der Waals surface area contributed by atoms with Gasteiger partial charge in [0.1, 0.15) is 17.5 Å². The van der Waals surface area contributed by atoms with Crippen molar-refractivity contribution < 1.29 is 0 Å². The van der Waals surface area contributed by atoms with Gasteiger partial charge in [0.25, 0.3) is 0 Å².